The van der Waals surface area contributed by atoms with Gasteiger partial charge in [-0.1, -0.05) is 389 Å². The van der Waals surface area contributed by atoms with Crippen LogP contribution in [0.5, 0.6) is 0 Å². The van der Waals surface area contributed by atoms with Crippen LogP contribution < -0.4 is 0 Å². The maximum Gasteiger partial charge on any atom is 0.472 e. The highest BCUT2D eigenvalue weighted by molar-refractivity contribution is 7.47. The summed E-state index contributed by atoms with van der Waals surface area (Å²) >= 11 is 0. The quantitative estimate of drug-likeness (QED) is 0.0222. The molecule has 0 saturated heterocycles. The van der Waals surface area contributed by atoms with Crippen LogP contribution in [-0.4, -0.2) is 96.7 Å². The molecule has 0 aromatic rings. The van der Waals surface area contributed by atoms with Gasteiger partial charge < -0.3 is 33.8 Å². The van der Waals surface area contributed by atoms with Gasteiger partial charge >= 0.3 is 39.5 Å². The Balaban J connectivity index is 5.21. The third kappa shape index (κ3) is 76.8. The lowest BCUT2D eigenvalue weighted by Gasteiger charge is -2.21. The maximum atomic E-state index is 13.1. The van der Waals surface area contributed by atoms with Crippen LogP contribution in [0.3, 0.4) is 0 Å². The molecule has 0 bridgehead atoms. The molecule has 0 amide bonds. The third-order valence-electron chi connectivity index (χ3n) is 20.2. The average Bonchev–Trinajstić information content (AvgIpc) is 0.916. The summed E-state index contributed by atoms with van der Waals surface area (Å²) in [6, 6.07) is 0. The van der Waals surface area contributed by atoms with Gasteiger partial charge in [0.25, 0.3) is 0 Å². The Hall–Kier alpha value is -1.94. The minimum absolute atomic E-state index is 0.107. The molecule has 0 heterocycles. The van der Waals surface area contributed by atoms with Crippen molar-refractivity contribution >= 4 is 39.5 Å². The van der Waals surface area contributed by atoms with Crippen molar-refractivity contribution in [1.82, 2.24) is 0 Å². The van der Waals surface area contributed by atoms with E-state index in [0.717, 1.165) is 120 Å². The SMILES string of the molecule is CCC(C)CCCCCCCCC(=O)OC[C@H](COP(=O)(O)OC[C@H](O)COP(=O)(O)OC[C@@H](COC(=O)CCCCCCCCCCCCCC(C)C)OC(=O)CCCCCCCCCCCCCCCCCCC(C)C)OC(=O)CCCCCCCCCCCCCCCCCCCCC(C)C. The Kier molecular flexibility index (Phi) is 72.5. The zero-order valence-electron chi connectivity index (χ0n) is 68.7. The number of ether oxygens (including phenoxy) is 4. The Morgan fingerprint density at radius 3 is 0.683 bits per heavy atom. The van der Waals surface area contributed by atoms with Crippen LogP contribution in [-0.2, 0) is 65.4 Å². The smallest absolute Gasteiger partial charge is 0.462 e. The molecule has 0 fully saturated rings. The van der Waals surface area contributed by atoms with E-state index in [1.165, 1.54) is 238 Å². The van der Waals surface area contributed by atoms with E-state index in [0.29, 0.717) is 25.7 Å². The molecule has 104 heavy (non-hydrogen) atoms. The number of phosphoric acid groups is 2. The molecule has 0 spiro atoms. The second kappa shape index (κ2) is 73.8. The first-order chi connectivity index (χ1) is 50.1. The molecule has 0 aromatic carbocycles. The normalized spacial score (nSPS) is 14.2. The molecule has 6 atom stereocenters. The van der Waals surface area contributed by atoms with Gasteiger partial charge in [-0.05, 0) is 49.4 Å². The average molecular weight is 1520 g/mol. The summed E-state index contributed by atoms with van der Waals surface area (Å²) < 4.78 is 68.8. The highest BCUT2D eigenvalue weighted by Crippen LogP contribution is 2.45. The van der Waals surface area contributed by atoms with E-state index in [4.69, 9.17) is 37.0 Å². The summed E-state index contributed by atoms with van der Waals surface area (Å²) in [5.74, 6) is 1.02. The van der Waals surface area contributed by atoms with Crippen molar-refractivity contribution in [2.24, 2.45) is 23.7 Å². The Labute approximate surface area is 638 Å². The van der Waals surface area contributed by atoms with Crippen molar-refractivity contribution in [2.45, 2.75) is 459 Å². The van der Waals surface area contributed by atoms with E-state index in [1.807, 2.05) is 0 Å². The predicted molar refractivity (Wildman–Crippen MR) is 428 cm³/mol. The molecule has 3 unspecified atom stereocenters. The largest absolute Gasteiger partial charge is 0.472 e. The van der Waals surface area contributed by atoms with Gasteiger partial charge in [-0.2, -0.15) is 0 Å². The predicted octanol–water partition coefficient (Wildman–Crippen LogP) is 25.6. The molecule has 17 nitrogen and oxygen atoms in total. The zero-order chi connectivity index (χ0) is 76.7. The number of phosphoric ester groups is 2. The second-order valence-electron chi connectivity index (χ2n) is 32.2. The van der Waals surface area contributed by atoms with Gasteiger partial charge in [0.15, 0.2) is 12.2 Å². The summed E-state index contributed by atoms with van der Waals surface area (Å²) in [4.78, 5) is 73.2. The summed E-state index contributed by atoms with van der Waals surface area (Å²) in [5, 5.41) is 10.7. The van der Waals surface area contributed by atoms with Crippen LogP contribution in [0.25, 0.3) is 0 Å². The molecule has 3 N–H and O–H groups in total. The number of aliphatic hydroxyl groups is 1. The third-order valence-corrected chi connectivity index (χ3v) is 22.1. The molecule has 618 valence electrons. The van der Waals surface area contributed by atoms with Crippen molar-refractivity contribution in [3.63, 3.8) is 0 Å². The van der Waals surface area contributed by atoms with Crippen LogP contribution in [0.2, 0.25) is 0 Å². The molecule has 19 heteroatoms. The van der Waals surface area contributed by atoms with Gasteiger partial charge in [-0.3, -0.25) is 37.3 Å². The minimum atomic E-state index is -4.96. The van der Waals surface area contributed by atoms with Crippen molar-refractivity contribution < 1.29 is 80.2 Å². The molecule has 0 aliphatic heterocycles. The second-order valence-corrected chi connectivity index (χ2v) is 35.2. The summed E-state index contributed by atoms with van der Waals surface area (Å²) in [5.41, 5.74) is 0. The number of esters is 4. The lowest BCUT2D eigenvalue weighted by Crippen LogP contribution is -2.30. The monoisotopic (exact) mass is 1520 g/mol. The number of hydrogen-bond donors (Lipinski definition) is 3. The van der Waals surface area contributed by atoms with E-state index in [9.17, 15) is 43.2 Å². The molecule has 0 aliphatic carbocycles. The van der Waals surface area contributed by atoms with Crippen molar-refractivity contribution in [2.75, 3.05) is 39.6 Å². The van der Waals surface area contributed by atoms with Gasteiger partial charge in [0.1, 0.15) is 19.3 Å². The van der Waals surface area contributed by atoms with Crippen LogP contribution in [0, 0.1) is 23.7 Å². The van der Waals surface area contributed by atoms with E-state index in [1.54, 1.807) is 0 Å². The minimum Gasteiger partial charge on any atom is -0.462 e. The first-order valence-electron chi connectivity index (χ1n) is 43.7. The Morgan fingerprint density at radius 2 is 0.462 bits per heavy atom. The zero-order valence-corrected chi connectivity index (χ0v) is 70.5. The van der Waals surface area contributed by atoms with E-state index >= 15 is 0 Å². The fraction of sp³-hybridized carbons (Fsp3) is 0.953. The van der Waals surface area contributed by atoms with Gasteiger partial charge in [0, 0.05) is 25.7 Å². The molecule has 0 aromatic heterocycles. The Bertz CT molecular complexity index is 2030. The number of unbranched alkanes of at least 4 members (excludes halogenated alkanes) is 47. The molecule has 0 saturated carbocycles. The van der Waals surface area contributed by atoms with Gasteiger partial charge in [0.05, 0.1) is 26.4 Å². The van der Waals surface area contributed by atoms with Crippen molar-refractivity contribution in [3.8, 4) is 0 Å². The number of hydrogen-bond acceptors (Lipinski definition) is 15. The number of rotatable bonds is 82. The molecular weight excluding hydrogens is 1350 g/mol. The molecular formula is C85H166O17P2. The highest BCUT2D eigenvalue weighted by Gasteiger charge is 2.30. The Morgan fingerprint density at radius 1 is 0.269 bits per heavy atom. The number of carbonyl (C=O) groups excluding carboxylic acids is 4. The van der Waals surface area contributed by atoms with E-state index in [2.05, 4.69) is 55.4 Å². The first kappa shape index (κ1) is 102. The van der Waals surface area contributed by atoms with Crippen LogP contribution in [0.1, 0.15) is 441 Å². The standard InChI is InChI=1S/C85H166O17P2/c1-9-78(8)64-56-48-43-44-50-58-66-83(88)96-72-81(102-85(90)68-60-51-41-35-28-22-18-13-11-10-12-16-20-25-31-37-45-53-61-75(2)3)74-100-104(93,94)98-70-79(86)69-97-103(91,92)99-73-80(71-95-82(87)65-57-49-40-34-30-24-27-33-39-47-55-63-77(6)7)101-84(89)67-59-52-42-36-29-23-19-15-14-17-21-26-32-38-46-54-62-76(4)5/h75-81,86H,9-74H2,1-8H3,(H,91,92)(H,93,94)/t78?,79-,80-,81-/m1/s1. The van der Waals surface area contributed by atoms with E-state index < -0.39 is 97.5 Å². The van der Waals surface area contributed by atoms with Gasteiger partial charge in [-0.15, -0.1) is 0 Å². The van der Waals surface area contributed by atoms with Crippen LogP contribution in [0.15, 0.2) is 0 Å². The van der Waals surface area contributed by atoms with Crippen molar-refractivity contribution in [3.05, 3.63) is 0 Å². The van der Waals surface area contributed by atoms with E-state index in [-0.39, 0.29) is 25.7 Å². The van der Waals surface area contributed by atoms with Crippen molar-refractivity contribution in [1.29, 1.82) is 0 Å². The van der Waals surface area contributed by atoms with Gasteiger partial charge in [0.2, 0.25) is 0 Å². The molecule has 0 aliphatic rings. The molecule has 0 rings (SSSR count). The molecule has 0 radical (unpaired) electrons. The summed E-state index contributed by atoms with van der Waals surface area (Å²) in [6.45, 7) is 14.3. The number of aliphatic hydroxyl groups excluding tert-OH is 1. The highest BCUT2D eigenvalue weighted by atomic mass is 31.2. The fourth-order valence-electron chi connectivity index (χ4n) is 13.1. The lowest BCUT2D eigenvalue weighted by molar-refractivity contribution is -0.161. The van der Waals surface area contributed by atoms with Crippen LogP contribution in [0.4, 0.5) is 0 Å². The first-order valence-corrected chi connectivity index (χ1v) is 46.7. The summed E-state index contributed by atoms with van der Waals surface area (Å²) in [7, 11) is -9.93. The fourth-order valence-corrected chi connectivity index (χ4v) is 14.7. The maximum absolute atomic E-state index is 13.1. The number of carbonyl (C=O) groups is 4. The topological polar surface area (TPSA) is 237 Å². The lowest BCUT2D eigenvalue weighted by atomic mass is 10.00. The van der Waals surface area contributed by atoms with Crippen LogP contribution >= 0.6 is 15.6 Å². The van der Waals surface area contributed by atoms with Gasteiger partial charge in [-0.25, -0.2) is 9.13 Å². The summed E-state index contributed by atoms with van der Waals surface area (Å²) in [6.07, 6.45) is 62.6.